The van der Waals surface area contributed by atoms with E-state index in [-0.39, 0.29) is 0 Å². The second-order valence-corrected chi connectivity index (χ2v) is 6.21. The molecule has 2 N–H and O–H groups in total. The second-order valence-electron chi connectivity index (χ2n) is 6.21. The zero-order valence-electron chi connectivity index (χ0n) is 15.1. The van der Waals surface area contributed by atoms with Gasteiger partial charge in [0.05, 0.1) is 18.7 Å². The Labute approximate surface area is 153 Å². The minimum atomic E-state index is 0.588. The number of nitrogens with one attached hydrogen (secondary N) is 2. The molecule has 3 aromatic rings. The molecule has 0 saturated heterocycles. The van der Waals surface area contributed by atoms with Crippen LogP contribution >= 0.6 is 0 Å². The summed E-state index contributed by atoms with van der Waals surface area (Å²) in [5.74, 6) is 1.47. The van der Waals surface area contributed by atoms with Crippen molar-refractivity contribution in [3.05, 3.63) is 48.2 Å². The van der Waals surface area contributed by atoms with Crippen LogP contribution in [0.15, 0.2) is 42.6 Å². The molecule has 2 aromatic carbocycles. The fraction of sp³-hybridized carbons (Fsp3) is 0.286. The molecular weight excluding hydrogens is 326 g/mol. The molecular formula is C21H23N3O2. The van der Waals surface area contributed by atoms with Gasteiger partial charge in [-0.05, 0) is 50.1 Å². The van der Waals surface area contributed by atoms with E-state index in [0.717, 1.165) is 46.7 Å². The summed E-state index contributed by atoms with van der Waals surface area (Å²) in [5, 5.41) is 7.95. The van der Waals surface area contributed by atoms with Crippen LogP contribution in [0.1, 0.15) is 19.4 Å². The maximum Gasteiger partial charge on any atom is 0.163 e. The van der Waals surface area contributed by atoms with Crippen LogP contribution in [0.3, 0.4) is 0 Å². The van der Waals surface area contributed by atoms with Gasteiger partial charge in [0.15, 0.2) is 11.5 Å². The highest BCUT2D eigenvalue weighted by molar-refractivity contribution is 5.95. The highest BCUT2D eigenvalue weighted by Gasteiger charge is 2.13. The molecule has 4 rings (SSSR count). The number of anilines is 3. The molecule has 1 aliphatic heterocycles. The van der Waals surface area contributed by atoms with Gasteiger partial charge in [-0.1, -0.05) is 6.07 Å². The van der Waals surface area contributed by atoms with Gasteiger partial charge in [0, 0.05) is 41.3 Å². The Morgan fingerprint density at radius 3 is 2.65 bits per heavy atom. The topological polar surface area (TPSA) is 55.4 Å². The average Bonchev–Trinajstić information content (AvgIpc) is 3.11. The number of aromatic nitrogens is 1. The van der Waals surface area contributed by atoms with Gasteiger partial charge in [0.25, 0.3) is 0 Å². The number of nitrogens with zero attached hydrogens (tertiary/aromatic N) is 1. The van der Waals surface area contributed by atoms with Gasteiger partial charge >= 0.3 is 0 Å². The maximum absolute atomic E-state index is 5.77. The summed E-state index contributed by atoms with van der Waals surface area (Å²) in [6.45, 7) is 6.12. The van der Waals surface area contributed by atoms with Gasteiger partial charge in [-0.25, -0.2) is 0 Å². The average molecular weight is 349 g/mol. The van der Waals surface area contributed by atoms with Crippen LogP contribution in [0.2, 0.25) is 0 Å². The number of hydrogen-bond acceptors (Lipinski definition) is 5. The zero-order chi connectivity index (χ0) is 17.9. The molecule has 0 aliphatic carbocycles. The standard InChI is InChI=1S/C21H23N3O2/c1-3-25-20-12-16-17(8-10-23-19(16)13-21(20)26-4-2)24-15-6-5-14-7-9-22-18(14)11-15/h5-6,8,10-13,22H,3-4,7,9H2,1-2H3,(H,23,24). The van der Waals surface area contributed by atoms with Crippen molar-refractivity contribution in [2.24, 2.45) is 0 Å². The SMILES string of the molecule is CCOc1cc2nccc(Nc3ccc4c(c3)NCC4)c2cc1OCC. The zero-order valence-corrected chi connectivity index (χ0v) is 15.1. The summed E-state index contributed by atoms with van der Waals surface area (Å²) >= 11 is 0. The van der Waals surface area contributed by atoms with E-state index in [4.69, 9.17) is 9.47 Å². The van der Waals surface area contributed by atoms with E-state index in [1.165, 1.54) is 11.3 Å². The van der Waals surface area contributed by atoms with Gasteiger partial charge in [0.1, 0.15) is 0 Å². The lowest BCUT2D eigenvalue weighted by atomic mass is 10.1. The lowest BCUT2D eigenvalue weighted by molar-refractivity contribution is 0.288. The number of rotatable bonds is 6. The Morgan fingerprint density at radius 2 is 1.85 bits per heavy atom. The van der Waals surface area contributed by atoms with E-state index in [0.29, 0.717) is 13.2 Å². The second kappa shape index (κ2) is 7.12. The Hall–Kier alpha value is -2.95. The van der Waals surface area contributed by atoms with Crippen molar-refractivity contribution in [3.8, 4) is 11.5 Å². The van der Waals surface area contributed by atoms with Crippen molar-refractivity contribution in [2.45, 2.75) is 20.3 Å². The number of benzene rings is 2. The molecule has 0 spiro atoms. The van der Waals surface area contributed by atoms with E-state index in [2.05, 4.69) is 33.8 Å². The summed E-state index contributed by atoms with van der Waals surface area (Å²) in [5.41, 5.74) is 5.51. The Bertz CT molecular complexity index is 940. The normalized spacial score (nSPS) is 12.5. The first kappa shape index (κ1) is 16.5. The molecule has 0 radical (unpaired) electrons. The summed E-state index contributed by atoms with van der Waals surface area (Å²) in [6, 6.07) is 12.4. The van der Waals surface area contributed by atoms with Crippen LogP contribution in [0.25, 0.3) is 10.9 Å². The van der Waals surface area contributed by atoms with Crippen molar-refractivity contribution in [1.82, 2.24) is 4.98 Å². The molecule has 2 heterocycles. The van der Waals surface area contributed by atoms with Crippen LogP contribution in [0.5, 0.6) is 11.5 Å². The third-order valence-corrected chi connectivity index (χ3v) is 4.51. The number of hydrogen-bond donors (Lipinski definition) is 2. The fourth-order valence-corrected chi connectivity index (χ4v) is 3.32. The fourth-order valence-electron chi connectivity index (χ4n) is 3.32. The van der Waals surface area contributed by atoms with Gasteiger partial charge in [-0.2, -0.15) is 0 Å². The molecule has 0 atom stereocenters. The molecule has 0 bridgehead atoms. The molecule has 5 heteroatoms. The van der Waals surface area contributed by atoms with Crippen molar-refractivity contribution in [2.75, 3.05) is 30.4 Å². The predicted octanol–water partition coefficient (Wildman–Crippen LogP) is 4.74. The van der Waals surface area contributed by atoms with Gasteiger partial charge in [-0.3, -0.25) is 4.98 Å². The number of ether oxygens (including phenoxy) is 2. The van der Waals surface area contributed by atoms with Crippen molar-refractivity contribution in [1.29, 1.82) is 0 Å². The van der Waals surface area contributed by atoms with Crippen LogP contribution in [0, 0.1) is 0 Å². The summed E-state index contributed by atoms with van der Waals surface area (Å²) in [7, 11) is 0. The van der Waals surface area contributed by atoms with Gasteiger partial charge in [0.2, 0.25) is 0 Å². The molecule has 0 amide bonds. The smallest absolute Gasteiger partial charge is 0.163 e. The minimum Gasteiger partial charge on any atom is -0.490 e. The predicted molar refractivity (Wildman–Crippen MR) is 106 cm³/mol. The molecule has 26 heavy (non-hydrogen) atoms. The molecule has 0 unspecified atom stereocenters. The van der Waals surface area contributed by atoms with Crippen LogP contribution < -0.4 is 20.1 Å². The van der Waals surface area contributed by atoms with Crippen molar-refractivity contribution < 1.29 is 9.47 Å². The summed E-state index contributed by atoms with van der Waals surface area (Å²) in [6.07, 6.45) is 2.90. The van der Waals surface area contributed by atoms with E-state index >= 15 is 0 Å². The first-order valence-electron chi connectivity index (χ1n) is 9.10. The van der Waals surface area contributed by atoms with Crippen molar-refractivity contribution in [3.63, 3.8) is 0 Å². The minimum absolute atomic E-state index is 0.588. The molecule has 1 aliphatic rings. The summed E-state index contributed by atoms with van der Waals surface area (Å²) < 4.78 is 11.5. The van der Waals surface area contributed by atoms with Crippen molar-refractivity contribution >= 4 is 28.0 Å². The largest absolute Gasteiger partial charge is 0.490 e. The first-order valence-corrected chi connectivity index (χ1v) is 9.10. The monoisotopic (exact) mass is 349 g/mol. The van der Waals surface area contributed by atoms with Gasteiger partial charge in [-0.15, -0.1) is 0 Å². The molecule has 1 aromatic heterocycles. The third kappa shape index (κ3) is 3.12. The number of pyridine rings is 1. The van der Waals surface area contributed by atoms with E-state index < -0.39 is 0 Å². The molecule has 5 nitrogen and oxygen atoms in total. The summed E-state index contributed by atoms with van der Waals surface area (Å²) in [4.78, 5) is 4.50. The van der Waals surface area contributed by atoms with Crippen LogP contribution in [-0.2, 0) is 6.42 Å². The highest BCUT2D eigenvalue weighted by Crippen LogP contribution is 2.36. The quantitative estimate of drug-likeness (QED) is 0.673. The Morgan fingerprint density at radius 1 is 1.04 bits per heavy atom. The molecule has 0 saturated carbocycles. The number of fused-ring (bicyclic) bond motifs is 2. The third-order valence-electron chi connectivity index (χ3n) is 4.51. The van der Waals surface area contributed by atoms with Gasteiger partial charge < -0.3 is 20.1 Å². The maximum atomic E-state index is 5.77. The Kier molecular flexibility index (Phi) is 4.52. The molecule has 134 valence electrons. The van der Waals surface area contributed by atoms with E-state index in [9.17, 15) is 0 Å². The van der Waals surface area contributed by atoms with Crippen LogP contribution in [-0.4, -0.2) is 24.7 Å². The van der Waals surface area contributed by atoms with E-state index in [1.54, 1.807) is 0 Å². The lowest BCUT2D eigenvalue weighted by Gasteiger charge is -2.15. The lowest BCUT2D eigenvalue weighted by Crippen LogP contribution is -2.00. The first-order chi connectivity index (χ1) is 12.8. The van der Waals surface area contributed by atoms with E-state index in [1.807, 2.05) is 38.2 Å². The molecule has 0 fully saturated rings. The highest BCUT2D eigenvalue weighted by atomic mass is 16.5. The Balaban J connectivity index is 1.73. The van der Waals surface area contributed by atoms with Crippen LogP contribution in [0.4, 0.5) is 17.1 Å².